The quantitative estimate of drug-likeness (QED) is 0.776. The van der Waals surface area contributed by atoms with Gasteiger partial charge in [-0.3, -0.25) is 9.69 Å². The fraction of sp³-hybridized carbons (Fsp3) is 0.667. The number of alkyl halides is 3. The first-order valence-corrected chi connectivity index (χ1v) is 5.50. The molecule has 3 N–H and O–H groups in total. The third-order valence-corrected chi connectivity index (χ3v) is 2.99. The van der Waals surface area contributed by atoms with Crippen LogP contribution >= 0.6 is 0 Å². The fourth-order valence-electron chi connectivity index (χ4n) is 2.06. The Morgan fingerprint density at radius 3 is 2.63 bits per heavy atom. The Morgan fingerprint density at radius 2 is 2.11 bits per heavy atom. The molecule has 0 saturated heterocycles. The van der Waals surface area contributed by atoms with E-state index in [0.717, 1.165) is 4.57 Å². The Balaban J connectivity index is 2.22. The van der Waals surface area contributed by atoms with Crippen molar-refractivity contribution in [1.29, 1.82) is 0 Å². The van der Waals surface area contributed by atoms with Crippen molar-refractivity contribution in [3.63, 3.8) is 0 Å². The summed E-state index contributed by atoms with van der Waals surface area (Å²) in [6.07, 6.45) is -4.56. The van der Waals surface area contributed by atoms with Crippen LogP contribution < -0.4 is 5.73 Å². The molecule has 1 aliphatic rings. The van der Waals surface area contributed by atoms with Gasteiger partial charge in [-0.05, 0) is 0 Å². The molecular weight excluding hydrogens is 267 g/mol. The molecule has 2 rings (SSSR count). The minimum absolute atomic E-state index is 0.0129. The van der Waals surface area contributed by atoms with Crippen molar-refractivity contribution in [2.24, 2.45) is 5.73 Å². The molecule has 19 heavy (non-hydrogen) atoms. The van der Waals surface area contributed by atoms with Gasteiger partial charge in [0.2, 0.25) is 5.82 Å². The molecule has 10 heteroatoms. The van der Waals surface area contributed by atoms with Crippen molar-refractivity contribution in [1.82, 2.24) is 19.7 Å². The van der Waals surface area contributed by atoms with Crippen LogP contribution in [-0.4, -0.2) is 49.9 Å². The molecule has 1 aliphatic heterocycles. The largest absolute Gasteiger partial charge is 0.480 e. The van der Waals surface area contributed by atoms with E-state index in [-0.39, 0.29) is 32.0 Å². The minimum Gasteiger partial charge on any atom is -0.480 e. The van der Waals surface area contributed by atoms with Crippen LogP contribution in [0.2, 0.25) is 0 Å². The first-order chi connectivity index (χ1) is 8.84. The number of fused-ring (bicyclic) bond motifs is 1. The molecule has 0 amide bonds. The normalized spacial score (nSPS) is 18.1. The standard InChI is InChI=1S/C9H12F3N5O2/c10-9(11,12)8-15-14-6-4-16(1-2-17(6)8)5(3-13)7(18)19/h5H,1-4,13H2,(H,18,19). The summed E-state index contributed by atoms with van der Waals surface area (Å²) < 4.78 is 38.8. The van der Waals surface area contributed by atoms with Crippen molar-refractivity contribution in [2.45, 2.75) is 25.3 Å². The van der Waals surface area contributed by atoms with E-state index in [4.69, 9.17) is 10.8 Å². The molecule has 1 aromatic heterocycles. The minimum atomic E-state index is -4.56. The number of nitrogens with zero attached hydrogens (tertiary/aromatic N) is 4. The van der Waals surface area contributed by atoms with Crippen LogP contribution in [0.4, 0.5) is 13.2 Å². The van der Waals surface area contributed by atoms with Crippen molar-refractivity contribution < 1.29 is 23.1 Å². The van der Waals surface area contributed by atoms with Gasteiger partial charge in [-0.15, -0.1) is 10.2 Å². The number of rotatable bonds is 3. The van der Waals surface area contributed by atoms with Crippen molar-refractivity contribution in [3.05, 3.63) is 11.6 Å². The molecule has 7 nitrogen and oxygen atoms in total. The molecule has 106 valence electrons. The molecule has 0 saturated carbocycles. The monoisotopic (exact) mass is 279 g/mol. The predicted octanol–water partition coefficient (Wildman–Crippen LogP) is -0.476. The number of nitrogens with two attached hydrogens (primary N) is 1. The second-order valence-electron chi connectivity index (χ2n) is 4.15. The highest BCUT2D eigenvalue weighted by Gasteiger charge is 2.40. The maximum absolute atomic E-state index is 12.6. The van der Waals surface area contributed by atoms with Crippen molar-refractivity contribution in [2.75, 3.05) is 13.1 Å². The van der Waals surface area contributed by atoms with Crippen molar-refractivity contribution in [3.8, 4) is 0 Å². The average Bonchev–Trinajstić information content (AvgIpc) is 2.71. The fourth-order valence-corrected chi connectivity index (χ4v) is 2.06. The average molecular weight is 279 g/mol. The highest BCUT2D eigenvalue weighted by atomic mass is 19.4. The predicted molar refractivity (Wildman–Crippen MR) is 55.9 cm³/mol. The first-order valence-electron chi connectivity index (χ1n) is 5.50. The van der Waals surface area contributed by atoms with Gasteiger partial charge in [0.25, 0.3) is 0 Å². The molecule has 0 aromatic carbocycles. The first kappa shape index (κ1) is 13.7. The van der Waals surface area contributed by atoms with Gasteiger partial charge < -0.3 is 15.4 Å². The number of carbonyl (C=O) groups is 1. The van der Waals surface area contributed by atoms with Gasteiger partial charge in [-0.1, -0.05) is 0 Å². The van der Waals surface area contributed by atoms with Gasteiger partial charge in [0, 0.05) is 19.6 Å². The molecule has 1 aromatic rings. The molecule has 0 fully saturated rings. The van der Waals surface area contributed by atoms with Gasteiger partial charge in [0.15, 0.2) is 0 Å². The zero-order chi connectivity index (χ0) is 14.2. The smallest absolute Gasteiger partial charge is 0.451 e. The molecular formula is C9H12F3N5O2. The number of carboxylic acids is 1. The van der Waals surface area contributed by atoms with Gasteiger partial charge in [-0.25, -0.2) is 0 Å². The number of halogens is 3. The van der Waals surface area contributed by atoms with E-state index in [1.165, 1.54) is 4.90 Å². The summed E-state index contributed by atoms with van der Waals surface area (Å²) in [6.45, 7) is 0.0100. The summed E-state index contributed by atoms with van der Waals surface area (Å²) in [5.74, 6) is -2.06. The number of aromatic nitrogens is 3. The second kappa shape index (κ2) is 4.78. The van der Waals surface area contributed by atoms with E-state index in [0.29, 0.717) is 0 Å². The third-order valence-electron chi connectivity index (χ3n) is 2.99. The Hall–Kier alpha value is -1.68. The zero-order valence-corrected chi connectivity index (χ0v) is 9.76. The summed E-state index contributed by atoms with van der Waals surface area (Å²) >= 11 is 0. The molecule has 1 unspecified atom stereocenters. The Morgan fingerprint density at radius 1 is 1.42 bits per heavy atom. The maximum atomic E-state index is 12.6. The summed E-state index contributed by atoms with van der Waals surface area (Å²) in [4.78, 5) is 12.4. The van der Waals surface area contributed by atoms with Crippen molar-refractivity contribution >= 4 is 5.97 Å². The maximum Gasteiger partial charge on any atom is 0.451 e. The number of aliphatic carboxylic acids is 1. The van der Waals surface area contributed by atoms with E-state index >= 15 is 0 Å². The number of carboxylic acid groups (broad SMARTS) is 1. The lowest BCUT2D eigenvalue weighted by molar-refractivity contribution is -0.149. The topological polar surface area (TPSA) is 97.3 Å². The Kier molecular flexibility index (Phi) is 3.45. The summed E-state index contributed by atoms with van der Waals surface area (Å²) in [5.41, 5.74) is 5.35. The summed E-state index contributed by atoms with van der Waals surface area (Å²) in [7, 11) is 0. The van der Waals surface area contributed by atoms with Crippen LogP contribution in [0.1, 0.15) is 11.6 Å². The van der Waals surface area contributed by atoms with Crippen LogP contribution in [0.3, 0.4) is 0 Å². The lowest BCUT2D eigenvalue weighted by Gasteiger charge is -2.31. The molecule has 1 atom stereocenters. The number of hydrogen-bond acceptors (Lipinski definition) is 5. The van der Waals surface area contributed by atoms with Gasteiger partial charge in [0.05, 0.1) is 6.54 Å². The molecule has 2 heterocycles. The van der Waals surface area contributed by atoms with E-state index < -0.39 is 24.0 Å². The zero-order valence-electron chi connectivity index (χ0n) is 9.76. The highest BCUT2D eigenvalue weighted by Crippen LogP contribution is 2.29. The molecule has 0 bridgehead atoms. The SMILES string of the molecule is NCC(C(=O)O)N1CCn2c(nnc2C(F)(F)F)C1. The molecule has 0 spiro atoms. The van der Waals surface area contributed by atoms with Crippen LogP contribution in [0.5, 0.6) is 0 Å². The van der Waals surface area contributed by atoms with E-state index in [2.05, 4.69) is 10.2 Å². The highest BCUT2D eigenvalue weighted by molar-refractivity contribution is 5.73. The van der Waals surface area contributed by atoms with Gasteiger partial charge in [0.1, 0.15) is 11.9 Å². The van der Waals surface area contributed by atoms with Gasteiger partial charge in [-0.2, -0.15) is 13.2 Å². The van der Waals surface area contributed by atoms with Crippen LogP contribution in [0.15, 0.2) is 0 Å². The lowest BCUT2D eigenvalue weighted by Crippen LogP contribution is -2.49. The molecule has 0 aliphatic carbocycles. The Bertz CT molecular complexity index is 487. The van der Waals surface area contributed by atoms with Crippen LogP contribution in [-0.2, 0) is 24.1 Å². The van der Waals surface area contributed by atoms with Gasteiger partial charge >= 0.3 is 12.1 Å². The van der Waals surface area contributed by atoms with E-state index in [1.807, 2.05) is 0 Å². The van der Waals surface area contributed by atoms with Crippen LogP contribution in [0.25, 0.3) is 0 Å². The Labute approximate surface area is 105 Å². The summed E-state index contributed by atoms with van der Waals surface area (Å²) in [5, 5.41) is 15.5. The second-order valence-corrected chi connectivity index (χ2v) is 4.15. The van der Waals surface area contributed by atoms with Crippen LogP contribution in [0, 0.1) is 0 Å². The summed E-state index contributed by atoms with van der Waals surface area (Å²) in [6, 6.07) is -0.931. The molecule has 0 radical (unpaired) electrons. The number of hydrogen-bond donors (Lipinski definition) is 2. The third kappa shape index (κ3) is 2.54. The van der Waals surface area contributed by atoms with E-state index in [1.54, 1.807) is 0 Å². The lowest BCUT2D eigenvalue weighted by atomic mass is 10.2. The van der Waals surface area contributed by atoms with E-state index in [9.17, 15) is 18.0 Å².